The Bertz CT molecular complexity index is 7320. The maximum absolute atomic E-state index is 6.47. The highest BCUT2D eigenvalue weighted by Crippen LogP contribution is 2.44. The summed E-state index contributed by atoms with van der Waals surface area (Å²) >= 11 is 10.7. The fraction of sp³-hybridized carbons (Fsp3) is 0. The average molecular weight is 1600 g/mol. The van der Waals surface area contributed by atoms with E-state index in [0.29, 0.717) is 0 Å². The first-order valence-corrected chi connectivity index (χ1v) is 39.2. The molecule has 8 heteroatoms. The fourth-order valence-corrected chi connectivity index (χ4v) is 17.2. The van der Waals surface area contributed by atoms with Crippen LogP contribution in [0, 0.1) is 0 Å². The number of halogens is 3. The molecule has 0 N–H and O–H groups in total. The van der Waals surface area contributed by atoms with Gasteiger partial charge in [0.15, 0.2) is 5.58 Å². The molecule has 17 aromatic carbocycles. The zero-order valence-electron chi connectivity index (χ0n) is 59.2. The van der Waals surface area contributed by atoms with Crippen molar-refractivity contribution in [1.82, 2.24) is 13.7 Å². The van der Waals surface area contributed by atoms with Crippen LogP contribution in [-0.4, -0.2) is 13.7 Å². The fourth-order valence-electron chi connectivity index (χ4n) is 16.3. The van der Waals surface area contributed by atoms with E-state index in [4.69, 9.17) is 8.83 Å². The second-order valence-electron chi connectivity index (χ2n) is 27.9. The molecule has 0 saturated carbocycles. The minimum atomic E-state index is 0.901. The molecule has 0 aliphatic heterocycles. The first kappa shape index (κ1) is 66.6. The van der Waals surface area contributed by atoms with Crippen LogP contribution in [-0.2, 0) is 0 Å². The van der Waals surface area contributed by atoms with Gasteiger partial charge >= 0.3 is 0 Å². The van der Waals surface area contributed by atoms with E-state index in [-0.39, 0.29) is 0 Å². The molecule has 0 bridgehead atoms. The second kappa shape index (κ2) is 28.1. The molecule has 22 rings (SSSR count). The molecular formula is C102H64Br3N3O2. The number of furan rings is 2. The molecule has 5 nitrogen and oxygen atoms in total. The van der Waals surface area contributed by atoms with Gasteiger partial charge in [0.1, 0.15) is 16.7 Å². The van der Waals surface area contributed by atoms with Gasteiger partial charge < -0.3 is 22.5 Å². The van der Waals surface area contributed by atoms with Crippen molar-refractivity contribution in [3.63, 3.8) is 0 Å². The zero-order chi connectivity index (χ0) is 73.3. The van der Waals surface area contributed by atoms with Crippen LogP contribution in [0.5, 0.6) is 0 Å². The Labute approximate surface area is 659 Å². The lowest BCUT2D eigenvalue weighted by molar-refractivity contribution is 0.666. The maximum Gasteiger partial charge on any atom is 0.159 e. The van der Waals surface area contributed by atoms with Crippen LogP contribution >= 0.6 is 47.8 Å². The Morgan fingerprint density at radius 1 is 0.182 bits per heavy atom. The van der Waals surface area contributed by atoms with Crippen molar-refractivity contribution in [2.75, 3.05) is 0 Å². The molecule has 0 atom stereocenters. The van der Waals surface area contributed by atoms with E-state index in [1.807, 2.05) is 24.3 Å². The van der Waals surface area contributed by atoms with Gasteiger partial charge in [0.25, 0.3) is 0 Å². The number of para-hydroxylation sites is 7. The quantitative estimate of drug-likeness (QED) is 0.145. The van der Waals surface area contributed by atoms with Gasteiger partial charge in [-0.1, -0.05) is 303 Å². The predicted octanol–water partition coefficient (Wildman–Crippen LogP) is 30.4. The van der Waals surface area contributed by atoms with Crippen molar-refractivity contribution in [2.45, 2.75) is 0 Å². The van der Waals surface area contributed by atoms with Gasteiger partial charge in [-0.15, -0.1) is 0 Å². The van der Waals surface area contributed by atoms with Crippen molar-refractivity contribution < 1.29 is 8.83 Å². The molecule has 0 unspecified atom stereocenters. The highest BCUT2D eigenvalue weighted by atomic mass is 79.9. The van der Waals surface area contributed by atoms with Gasteiger partial charge in [-0.25, -0.2) is 0 Å². The lowest BCUT2D eigenvalue weighted by Gasteiger charge is -2.11. The van der Waals surface area contributed by atoms with E-state index < -0.39 is 0 Å². The highest BCUT2D eigenvalue weighted by molar-refractivity contribution is 9.11. The summed E-state index contributed by atoms with van der Waals surface area (Å²) in [5.74, 6) is 0. The Hall–Kier alpha value is -12.8. The lowest BCUT2D eigenvalue weighted by Crippen LogP contribution is -1.95. The van der Waals surface area contributed by atoms with Crippen LogP contribution in [0.2, 0.25) is 0 Å². The van der Waals surface area contributed by atoms with Crippen LogP contribution in [0.3, 0.4) is 0 Å². The van der Waals surface area contributed by atoms with Crippen LogP contribution in [0.25, 0.3) is 193 Å². The van der Waals surface area contributed by atoms with Crippen molar-refractivity contribution in [3.8, 4) is 83.8 Å². The monoisotopic (exact) mass is 1600 g/mol. The van der Waals surface area contributed by atoms with E-state index in [1.54, 1.807) is 0 Å². The molecule has 0 aliphatic rings. The summed E-state index contributed by atoms with van der Waals surface area (Å²) in [5.41, 5.74) is 28.6. The molecule has 110 heavy (non-hydrogen) atoms. The number of benzene rings is 17. The van der Waals surface area contributed by atoms with Gasteiger partial charge in [-0.3, -0.25) is 0 Å². The van der Waals surface area contributed by atoms with Crippen molar-refractivity contribution in [3.05, 3.63) is 402 Å². The standard InChI is InChI=1S/2C36H22BrNO.C30H20BrN/c37-27-18-15-23(16-19-27)24-7-5-8-25(21-24)26-17-20-29-28-9-1-3-12-32(28)38(34(29)22-26)33-13-6-11-31-30-10-2-4-14-35(30)39-36(31)33;37-27-18-15-23(16-19-27)24-7-5-8-25(21-24)26-17-20-29-28-9-1-3-11-31(28)38(33(29)22-26)32-12-6-14-35-36(32)30-10-2-4-13-34(30)39-35;31-25-11-7-10-23(19-25)21-8-6-9-22(18-21)24-16-17-28-27-14-4-5-15-29(27)32(30(28)20-24)26-12-2-1-3-13-26/h2*1-22H;1-20H. The van der Waals surface area contributed by atoms with Crippen molar-refractivity contribution >= 4 is 157 Å². The lowest BCUT2D eigenvalue weighted by atomic mass is 9.98. The van der Waals surface area contributed by atoms with Crippen LogP contribution in [0.4, 0.5) is 0 Å². The molecule has 5 heterocycles. The molecule has 0 aliphatic carbocycles. The van der Waals surface area contributed by atoms with Gasteiger partial charge in [0, 0.05) is 67.6 Å². The number of hydrogen-bond donors (Lipinski definition) is 0. The first-order chi connectivity index (χ1) is 54.3. The Kier molecular flexibility index (Phi) is 17.0. The third-order valence-electron chi connectivity index (χ3n) is 21.4. The predicted molar refractivity (Wildman–Crippen MR) is 473 cm³/mol. The topological polar surface area (TPSA) is 41.1 Å². The Morgan fingerprint density at radius 3 is 1.03 bits per heavy atom. The first-order valence-electron chi connectivity index (χ1n) is 36.8. The largest absolute Gasteiger partial charge is 0.456 e. The van der Waals surface area contributed by atoms with Crippen LogP contribution < -0.4 is 0 Å². The van der Waals surface area contributed by atoms with Gasteiger partial charge in [0.05, 0.1) is 49.9 Å². The molecule has 0 fully saturated rings. The molecule has 520 valence electrons. The molecular weight excluding hydrogens is 1540 g/mol. The molecule has 0 saturated heterocycles. The molecule has 0 radical (unpaired) electrons. The molecule has 22 aromatic rings. The minimum Gasteiger partial charge on any atom is -0.456 e. The zero-order valence-corrected chi connectivity index (χ0v) is 64.0. The highest BCUT2D eigenvalue weighted by Gasteiger charge is 2.22. The van der Waals surface area contributed by atoms with E-state index in [1.165, 1.54) is 132 Å². The summed E-state index contributed by atoms with van der Waals surface area (Å²) in [4.78, 5) is 0. The van der Waals surface area contributed by atoms with E-state index in [2.05, 4.69) is 425 Å². The number of rotatable bonds is 9. The molecule has 0 amide bonds. The molecule has 5 aromatic heterocycles. The smallest absolute Gasteiger partial charge is 0.159 e. The average Bonchev–Trinajstić information content (AvgIpc) is 1.58. The third kappa shape index (κ3) is 12.0. The summed E-state index contributed by atoms with van der Waals surface area (Å²) < 4.78 is 23.1. The maximum atomic E-state index is 6.47. The summed E-state index contributed by atoms with van der Waals surface area (Å²) in [6.45, 7) is 0. The van der Waals surface area contributed by atoms with Gasteiger partial charge in [-0.05, 0) is 200 Å². The normalized spacial score (nSPS) is 11.6. The third-order valence-corrected chi connectivity index (χ3v) is 22.9. The summed E-state index contributed by atoms with van der Waals surface area (Å²) in [6.07, 6.45) is 0. The van der Waals surface area contributed by atoms with Gasteiger partial charge in [-0.2, -0.15) is 0 Å². The Morgan fingerprint density at radius 2 is 0.518 bits per heavy atom. The van der Waals surface area contributed by atoms with Crippen molar-refractivity contribution in [2.24, 2.45) is 0 Å². The summed E-state index contributed by atoms with van der Waals surface area (Å²) in [6, 6.07) is 138. The summed E-state index contributed by atoms with van der Waals surface area (Å²) in [5, 5.41) is 12.0. The number of hydrogen-bond acceptors (Lipinski definition) is 2. The van der Waals surface area contributed by atoms with Crippen molar-refractivity contribution in [1.29, 1.82) is 0 Å². The van der Waals surface area contributed by atoms with Gasteiger partial charge in [0.2, 0.25) is 0 Å². The Balaban J connectivity index is 0.000000109. The summed E-state index contributed by atoms with van der Waals surface area (Å²) in [7, 11) is 0. The second-order valence-corrected chi connectivity index (χ2v) is 30.6. The SMILES string of the molecule is Brc1ccc(-c2cccc(-c3ccc4c5ccccc5n(-c5cccc6c5oc5ccccc56)c4c3)c2)cc1.Brc1ccc(-c2cccc(-c3ccc4c5ccccc5n(-c5cccc6oc7ccccc7c56)c4c3)c2)cc1.Brc1cccc(-c2cccc(-c3ccc4c5ccccc5n(-c5ccccc5)c4c3)c2)c1. The number of fused-ring (bicyclic) bond motifs is 15. The molecule has 0 spiro atoms. The number of aromatic nitrogens is 3. The van der Waals surface area contributed by atoms with E-state index >= 15 is 0 Å². The van der Waals surface area contributed by atoms with E-state index in [9.17, 15) is 0 Å². The number of nitrogens with zero attached hydrogens (tertiary/aromatic N) is 3. The van der Waals surface area contributed by atoms with Crippen LogP contribution in [0.1, 0.15) is 0 Å². The van der Waals surface area contributed by atoms with E-state index in [0.717, 1.165) is 74.2 Å². The minimum absolute atomic E-state index is 0.901. The van der Waals surface area contributed by atoms with Crippen LogP contribution in [0.15, 0.2) is 410 Å².